The third-order valence-electron chi connectivity index (χ3n) is 3.34. The van der Waals surface area contributed by atoms with Crippen LogP contribution in [0.4, 0.5) is 0 Å². The third kappa shape index (κ3) is 2.74. The highest BCUT2D eigenvalue weighted by Gasteiger charge is 2.18. The summed E-state index contributed by atoms with van der Waals surface area (Å²) in [7, 11) is 0. The van der Waals surface area contributed by atoms with Crippen molar-refractivity contribution in [2.24, 2.45) is 0 Å². The Morgan fingerprint density at radius 2 is 1.65 bits per heavy atom. The Morgan fingerprint density at radius 3 is 2.25 bits per heavy atom. The van der Waals surface area contributed by atoms with Crippen LogP contribution in [0.1, 0.15) is 39.5 Å². The van der Waals surface area contributed by atoms with E-state index in [0.29, 0.717) is 17.9 Å². The molecule has 2 aromatic rings. The molecule has 0 amide bonds. The van der Waals surface area contributed by atoms with Gasteiger partial charge in [0.1, 0.15) is 5.75 Å². The molecule has 0 bridgehead atoms. The highest BCUT2D eigenvalue weighted by atomic mass is 16.5. The van der Waals surface area contributed by atoms with Gasteiger partial charge in [-0.25, -0.2) is 0 Å². The summed E-state index contributed by atoms with van der Waals surface area (Å²) in [6, 6.07) is 11.5. The molecular formula is C18H20O2. The molecule has 0 fully saturated rings. The van der Waals surface area contributed by atoms with Crippen molar-refractivity contribution in [2.45, 2.75) is 27.7 Å². The molecule has 0 aromatic heterocycles. The predicted octanol–water partition coefficient (Wildman–Crippen LogP) is 4.24. The van der Waals surface area contributed by atoms with Gasteiger partial charge in [-0.2, -0.15) is 0 Å². The molecule has 2 nitrogen and oxygen atoms in total. The Balaban J connectivity index is 2.52. The largest absolute Gasteiger partial charge is 0.493 e. The lowest BCUT2D eigenvalue weighted by Crippen LogP contribution is -2.09. The van der Waals surface area contributed by atoms with Crippen LogP contribution in [0.2, 0.25) is 0 Å². The summed E-state index contributed by atoms with van der Waals surface area (Å²) in [5.74, 6) is 0.684. The second-order valence-corrected chi connectivity index (χ2v) is 5.03. The number of carbonyl (C=O) groups is 1. The van der Waals surface area contributed by atoms with Crippen LogP contribution in [0, 0.1) is 20.8 Å². The molecule has 0 aliphatic heterocycles. The van der Waals surface area contributed by atoms with Crippen LogP contribution < -0.4 is 4.74 Å². The minimum Gasteiger partial charge on any atom is -0.493 e. The van der Waals surface area contributed by atoms with Crippen LogP contribution in [-0.4, -0.2) is 12.4 Å². The van der Waals surface area contributed by atoms with Gasteiger partial charge in [-0.1, -0.05) is 29.8 Å². The van der Waals surface area contributed by atoms with Gasteiger partial charge in [0.05, 0.1) is 12.2 Å². The minimum atomic E-state index is 0.0315. The Kier molecular flexibility index (Phi) is 4.23. The monoisotopic (exact) mass is 268 g/mol. The molecule has 2 rings (SSSR count). The van der Waals surface area contributed by atoms with Crippen LogP contribution in [0.3, 0.4) is 0 Å². The van der Waals surface area contributed by atoms with Gasteiger partial charge in [0.25, 0.3) is 0 Å². The van der Waals surface area contributed by atoms with Crippen molar-refractivity contribution >= 4 is 5.78 Å². The fourth-order valence-corrected chi connectivity index (χ4v) is 2.61. The first-order chi connectivity index (χ1) is 9.54. The van der Waals surface area contributed by atoms with Crippen molar-refractivity contribution in [1.29, 1.82) is 0 Å². The molecule has 2 heteroatoms. The number of benzene rings is 2. The molecule has 0 saturated carbocycles. The number of hydrogen-bond acceptors (Lipinski definition) is 2. The van der Waals surface area contributed by atoms with Crippen LogP contribution >= 0.6 is 0 Å². The van der Waals surface area contributed by atoms with Crippen molar-refractivity contribution in [1.82, 2.24) is 0 Å². The lowest BCUT2D eigenvalue weighted by atomic mass is 9.93. The van der Waals surface area contributed by atoms with Crippen molar-refractivity contribution in [3.63, 3.8) is 0 Å². The molecule has 0 unspecified atom stereocenters. The Hall–Kier alpha value is -2.09. The van der Waals surface area contributed by atoms with Crippen molar-refractivity contribution in [3.05, 3.63) is 64.2 Å². The molecule has 2 aromatic carbocycles. The highest BCUT2D eigenvalue weighted by molar-refractivity contribution is 6.12. The zero-order valence-electron chi connectivity index (χ0n) is 12.5. The van der Waals surface area contributed by atoms with Gasteiger partial charge >= 0.3 is 0 Å². The molecular weight excluding hydrogens is 248 g/mol. The minimum absolute atomic E-state index is 0.0315. The zero-order valence-corrected chi connectivity index (χ0v) is 12.5. The third-order valence-corrected chi connectivity index (χ3v) is 3.34. The topological polar surface area (TPSA) is 26.3 Å². The maximum absolute atomic E-state index is 12.8. The number of para-hydroxylation sites is 1. The van der Waals surface area contributed by atoms with Crippen LogP contribution in [-0.2, 0) is 0 Å². The van der Waals surface area contributed by atoms with E-state index in [1.165, 1.54) is 5.56 Å². The summed E-state index contributed by atoms with van der Waals surface area (Å²) in [6.45, 7) is 8.48. The van der Waals surface area contributed by atoms with Gasteiger partial charge in [0, 0.05) is 5.56 Å². The van der Waals surface area contributed by atoms with Crippen LogP contribution in [0.5, 0.6) is 5.75 Å². The van der Waals surface area contributed by atoms with E-state index >= 15 is 0 Å². The van der Waals surface area contributed by atoms with E-state index in [1.807, 2.05) is 64.1 Å². The Morgan fingerprint density at radius 1 is 1.05 bits per heavy atom. The molecule has 0 radical (unpaired) electrons. The standard InChI is InChI=1S/C18H20O2/c1-5-20-16-9-7-6-8-15(16)18(19)17-13(3)10-12(2)11-14(17)4/h6-11H,5H2,1-4H3. The first-order valence-electron chi connectivity index (χ1n) is 6.89. The van der Waals surface area contributed by atoms with Crippen molar-refractivity contribution < 1.29 is 9.53 Å². The second kappa shape index (κ2) is 5.91. The molecule has 0 atom stereocenters. The normalized spacial score (nSPS) is 10.4. The van der Waals surface area contributed by atoms with Crippen molar-refractivity contribution in [2.75, 3.05) is 6.61 Å². The SMILES string of the molecule is CCOc1ccccc1C(=O)c1c(C)cc(C)cc1C. The highest BCUT2D eigenvalue weighted by Crippen LogP contribution is 2.25. The molecule has 0 spiro atoms. The van der Waals surface area contributed by atoms with Crippen LogP contribution in [0.25, 0.3) is 0 Å². The molecule has 104 valence electrons. The average Bonchev–Trinajstić information content (AvgIpc) is 2.38. The number of carbonyl (C=O) groups excluding carboxylic acids is 1. The summed E-state index contributed by atoms with van der Waals surface area (Å²) in [5, 5.41) is 0. The maximum atomic E-state index is 12.8. The number of ether oxygens (including phenoxy) is 1. The summed E-state index contributed by atoms with van der Waals surface area (Å²) in [4.78, 5) is 12.8. The summed E-state index contributed by atoms with van der Waals surface area (Å²) in [6.07, 6.45) is 0. The number of rotatable bonds is 4. The number of hydrogen-bond donors (Lipinski definition) is 0. The first-order valence-corrected chi connectivity index (χ1v) is 6.89. The molecule has 0 aliphatic carbocycles. The molecule has 0 heterocycles. The van der Waals surface area contributed by atoms with Gasteiger partial charge in [-0.15, -0.1) is 0 Å². The lowest BCUT2D eigenvalue weighted by molar-refractivity contribution is 0.103. The van der Waals surface area contributed by atoms with Crippen LogP contribution in [0.15, 0.2) is 36.4 Å². The average molecular weight is 268 g/mol. The van der Waals surface area contributed by atoms with Gasteiger partial charge in [-0.05, 0) is 51.0 Å². The fourth-order valence-electron chi connectivity index (χ4n) is 2.61. The fraction of sp³-hybridized carbons (Fsp3) is 0.278. The summed E-state index contributed by atoms with van der Waals surface area (Å²) < 4.78 is 5.56. The van der Waals surface area contributed by atoms with E-state index in [9.17, 15) is 4.79 Å². The van der Waals surface area contributed by atoms with E-state index in [0.717, 1.165) is 16.7 Å². The van der Waals surface area contributed by atoms with E-state index in [-0.39, 0.29) is 5.78 Å². The molecule has 0 aliphatic rings. The first kappa shape index (κ1) is 14.3. The van der Waals surface area contributed by atoms with E-state index in [1.54, 1.807) is 0 Å². The maximum Gasteiger partial charge on any atom is 0.197 e. The van der Waals surface area contributed by atoms with E-state index in [4.69, 9.17) is 4.74 Å². The number of ketones is 1. The molecule has 0 saturated heterocycles. The summed E-state index contributed by atoms with van der Waals surface area (Å²) in [5.41, 5.74) is 4.61. The smallest absolute Gasteiger partial charge is 0.197 e. The summed E-state index contributed by atoms with van der Waals surface area (Å²) >= 11 is 0. The van der Waals surface area contributed by atoms with Gasteiger partial charge in [0.15, 0.2) is 5.78 Å². The molecule has 0 N–H and O–H groups in total. The molecule has 20 heavy (non-hydrogen) atoms. The zero-order chi connectivity index (χ0) is 14.7. The van der Waals surface area contributed by atoms with Gasteiger partial charge < -0.3 is 4.74 Å². The van der Waals surface area contributed by atoms with Gasteiger partial charge in [0.2, 0.25) is 0 Å². The Bertz CT molecular complexity index is 619. The second-order valence-electron chi connectivity index (χ2n) is 5.03. The van der Waals surface area contributed by atoms with Crippen molar-refractivity contribution in [3.8, 4) is 5.75 Å². The van der Waals surface area contributed by atoms with E-state index in [2.05, 4.69) is 0 Å². The van der Waals surface area contributed by atoms with Gasteiger partial charge in [-0.3, -0.25) is 4.79 Å². The van der Waals surface area contributed by atoms with E-state index < -0.39 is 0 Å². The quantitative estimate of drug-likeness (QED) is 0.775. The number of aryl methyl sites for hydroxylation is 3. The lowest BCUT2D eigenvalue weighted by Gasteiger charge is -2.13. The Labute approximate surface area is 120 Å². The predicted molar refractivity (Wildman–Crippen MR) is 81.7 cm³/mol.